The summed E-state index contributed by atoms with van der Waals surface area (Å²) < 4.78 is 22.3. The Hall–Kier alpha value is -2.44. The molecule has 6 heteroatoms. The number of methoxy groups -OCH3 is 4. The molecular formula is C31H47NO5. The molecule has 0 amide bonds. The van der Waals surface area contributed by atoms with E-state index in [0.717, 1.165) is 61.8 Å². The smallest absolute Gasteiger partial charge is 0.161 e. The quantitative estimate of drug-likeness (QED) is 0.248. The van der Waals surface area contributed by atoms with E-state index in [1.807, 2.05) is 6.07 Å². The number of nitrogens with zero attached hydrogens (tertiary/aromatic N) is 1. The van der Waals surface area contributed by atoms with Crippen LogP contribution in [0.15, 0.2) is 30.3 Å². The van der Waals surface area contributed by atoms with Gasteiger partial charge in [0.1, 0.15) is 0 Å². The first-order valence-electron chi connectivity index (χ1n) is 14.0. The molecular weight excluding hydrogens is 466 g/mol. The molecule has 0 radical (unpaired) electrons. The van der Waals surface area contributed by atoms with Crippen LogP contribution in [0.5, 0.6) is 23.0 Å². The van der Waals surface area contributed by atoms with Crippen molar-refractivity contribution in [1.82, 2.24) is 4.90 Å². The number of aliphatic hydroxyl groups excluding tert-OH is 1. The van der Waals surface area contributed by atoms with E-state index in [2.05, 4.69) is 29.2 Å². The standard InChI is InChI=1S/C31H47NO5/c1-34-28-15-14-24(21-29(28)35-2)20-27-26-23-31(37-4)30(36-3)22-25(26)16-18-32(27)17-12-10-8-6-5-7-9-11-13-19-33/h14-15,21-23,27,33H,5-13,16-20H2,1-4H3/t27-/m1/s1. The molecule has 0 spiro atoms. The third-order valence-corrected chi connectivity index (χ3v) is 7.59. The predicted molar refractivity (Wildman–Crippen MR) is 149 cm³/mol. The molecule has 0 saturated carbocycles. The largest absolute Gasteiger partial charge is 0.493 e. The summed E-state index contributed by atoms with van der Waals surface area (Å²) in [6, 6.07) is 10.9. The fourth-order valence-electron chi connectivity index (χ4n) is 5.48. The first-order chi connectivity index (χ1) is 18.1. The van der Waals surface area contributed by atoms with Gasteiger partial charge in [-0.3, -0.25) is 4.90 Å². The molecule has 0 bridgehead atoms. The molecule has 0 aromatic heterocycles. The highest BCUT2D eigenvalue weighted by Gasteiger charge is 2.29. The van der Waals surface area contributed by atoms with Gasteiger partial charge in [-0.1, -0.05) is 51.0 Å². The van der Waals surface area contributed by atoms with Gasteiger partial charge in [-0.05, 0) is 73.2 Å². The molecule has 1 aliphatic rings. The number of unbranched alkanes of at least 4 members (excludes halogenated alkanes) is 8. The van der Waals surface area contributed by atoms with Gasteiger partial charge < -0.3 is 24.1 Å². The molecule has 3 rings (SSSR count). The van der Waals surface area contributed by atoms with E-state index in [0.29, 0.717) is 6.61 Å². The second-order valence-corrected chi connectivity index (χ2v) is 10.0. The summed E-state index contributed by atoms with van der Waals surface area (Å²) in [4.78, 5) is 2.65. The van der Waals surface area contributed by atoms with Crippen LogP contribution in [0.25, 0.3) is 0 Å². The number of rotatable bonds is 17. The minimum absolute atomic E-state index is 0.271. The van der Waals surface area contributed by atoms with Gasteiger partial charge in [0.2, 0.25) is 0 Å². The van der Waals surface area contributed by atoms with Gasteiger partial charge in [0.15, 0.2) is 23.0 Å². The van der Waals surface area contributed by atoms with E-state index in [4.69, 9.17) is 24.1 Å². The summed E-state index contributed by atoms with van der Waals surface area (Å²) in [5.41, 5.74) is 3.92. The van der Waals surface area contributed by atoms with Crippen LogP contribution in [0.2, 0.25) is 0 Å². The van der Waals surface area contributed by atoms with Crippen molar-refractivity contribution < 1.29 is 24.1 Å². The van der Waals surface area contributed by atoms with Crippen LogP contribution >= 0.6 is 0 Å². The van der Waals surface area contributed by atoms with Crippen LogP contribution in [0.3, 0.4) is 0 Å². The summed E-state index contributed by atoms with van der Waals surface area (Å²) in [6.07, 6.45) is 13.0. The lowest BCUT2D eigenvalue weighted by Gasteiger charge is -2.38. The second-order valence-electron chi connectivity index (χ2n) is 10.0. The fourth-order valence-corrected chi connectivity index (χ4v) is 5.48. The normalized spacial score (nSPS) is 15.3. The van der Waals surface area contributed by atoms with Crippen molar-refractivity contribution in [2.75, 3.05) is 48.1 Å². The molecule has 37 heavy (non-hydrogen) atoms. The number of aliphatic hydroxyl groups is 1. The Morgan fingerprint density at radius 3 is 1.89 bits per heavy atom. The van der Waals surface area contributed by atoms with Gasteiger partial charge in [-0.15, -0.1) is 0 Å². The first kappa shape index (κ1) is 29.1. The number of ether oxygens (including phenoxy) is 4. The molecule has 6 nitrogen and oxygen atoms in total. The number of hydrogen-bond donors (Lipinski definition) is 1. The van der Waals surface area contributed by atoms with Crippen LogP contribution in [0.4, 0.5) is 0 Å². The molecule has 1 heterocycles. The van der Waals surface area contributed by atoms with Crippen LogP contribution < -0.4 is 18.9 Å². The fraction of sp³-hybridized carbons (Fsp3) is 0.613. The molecule has 2 aromatic carbocycles. The molecule has 2 aromatic rings. The zero-order valence-electron chi connectivity index (χ0n) is 23.4. The molecule has 0 unspecified atom stereocenters. The topological polar surface area (TPSA) is 60.4 Å². The summed E-state index contributed by atoms with van der Waals surface area (Å²) in [5.74, 6) is 3.12. The minimum atomic E-state index is 0.271. The lowest BCUT2D eigenvalue weighted by Crippen LogP contribution is -2.37. The van der Waals surface area contributed by atoms with Crippen molar-refractivity contribution in [2.45, 2.75) is 76.7 Å². The average molecular weight is 514 g/mol. The summed E-state index contributed by atoms with van der Waals surface area (Å²) in [7, 11) is 6.78. The Morgan fingerprint density at radius 1 is 0.703 bits per heavy atom. The second kappa shape index (κ2) is 15.7. The van der Waals surface area contributed by atoms with E-state index in [1.165, 1.54) is 61.6 Å². The molecule has 206 valence electrons. The first-order valence-corrected chi connectivity index (χ1v) is 14.0. The SMILES string of the molecule is COc1ccc(C[C@@H]2c3cc(OC)c(OC)cc3CCN2CCCCCCCCCCCO)cc1OC. The van der Waals surface area contributed by atoms with E-state index < -0.39 is 0 Å². The van der Waals surface area contributed by atoms with Gasteiger partial charge in [-0.25, -0.2) is 0 Å². The number of benzene rings is 2. The molecule has 0 saturated heterocycles. The van der Waals surface area contributed by atoms with Crippen LogP contribution in [0.1, 0.15) is 80.5 Å². The molecule has 0 aliphatic carbocycles. The molecule has 1 aliphatic heterocycles. The van der Waals surface area contributed by atoms with Crippen LogP contribution in [-0.4, -0.2) is 58.1 Å². The summed E-state index contributed by atoms with van der Waals surface area (Å²) >= 11 is 0. The zero-order valence-corrected chi connectivity index (χ0v) is 23.4. The van der Waals surface area contributed by atoms with Gasteiger partial charge >= 0.3 is 0 Å². The van der Waals surface area contributed by atoms with Crippen molar-refractivity contribution >= 4 is 0 Å². The Balaban J connectivity index is 1.67. The summed E-state index contributed by atoms with van der Waals surface area (Å²) in [6.45, 7) is 2.47. The highest BCUT2D eigenvalue weighted by atomic mass is 16.5. The molecule has 1 atom stereocenters. The Bertz CT molecular complexity index is 947. The molecule has 0 fully saturated rings. The highest BCUT2D eigenvalue weighted by molar-refractivity contribution is 5.50. The van der Waals surface area contributed by atoms with Crippen molar-refractivity contribution in [3.8, 4) is 23.0 Å². The van der Waals surface area contributed by atoms with Crippen molar-refractivity contribution in [1.29, 1.82) is 0 Å². The van der Waals surface area contributed by atoms with Crippen molar-refractivity contribution in [3.63, 3.8) is 0 Å². The third kappa shape index (κ3) is 8.27. The number of fused-ring (bicyclic) bond motifs is 1. The highest BCUT2D eigenvalue weighted by Crippen LogP contribution is 2.40. The lowest BCUT2D eigenvalue weighted by molar-refractivity contribution is 0.178. The average Bonchev–Trinajstić information content (AvgIpc) is 2.93. The van der Waals surface area contributed by atoms with Gasteiger partial charge in [0.25, 0.3) is 0 Å². The maximum absolute atomic E-state index is 8.90. The van der Waals surface area contributed by atoms with Gasteiger partial charge in [0.05, 0.1) is 28.4 Å². The Morgan fingerprint density at radius 2 is 1.27 bits per heavy atom. The summed E-state index contributed by atoms with van der Waals surface area (Å²) in [5, 5.41) is 8.90. The Labute approximate surface area is 223 Å². The van der Waals surface area contributed by atoms with E-state index in [1.54, 1.807) is 28.4 Å². The maximum Gasteiger partial charge on any atom is 0.161 e. The Kier molecular flexibility index (Phi) is 12.4. The lowest BCUT2D eigenvalue weighted by atomic mass is 9.87. The zero-order chi connectivity index (χ0) is 26.5. The van der Waals surface area contributed by atoms with Crippen molar-refractivity contribution in [3.05, 3.63) is 47.0 Å². The van der Waals surface area contributed by atoms with E-state index in [-0.39, 0.29) is 6.04 Å². The maximum atomic E-state index is 8.90. The van der Waals surface area contributed by atoms with Crippen LogP contribution in [-0.2, 0) is 12.8 Å². The van der Waals surface area contributed by atoms with Gasteiger partial charge in [0, 0.05) is 19.2 Å². The predicted octanol–water partition coefficient (Wildman–Crippen LogP) is 6.37. The molecule has 1 N–H and O–H groups in total. The van der Waals surface area contributed by atoms with Crippen LogP contribution in [0, 0.1) is 0 Å². The number of hydrogen-bond acceptors (Lipinski definition) is 6. The van der Waals surface area contributed by atoms with E-state index in [9.17, 15) is 0 Å². The van der Waals surface area contributed by atoms with E-state index >= 15 is 0 Å². The van der Waals surface area contributed by atoms with Gasteiger partial charge in [-0.2, -0.15) is 0 Å². The minimum Gasteiger partial charge on any atom is -0.493 e. The monoisotopic (exact) mass is 513 g/mol. The third-order valence-electron chi connectivity index (χ3n) is 7.59. The van der Waals surface area contributed by atoms with Crippen molar-refractivity contribution in [2.24, 2.45) is 0 Å².